The van der Waals surface area contributed by atoms with Crippen LogP contribution in [-0.4, -0.2) is 0 Å². The van der Waals surface area contributed by atoms with Crippen LogP contribution in [0.5, 0.6) is 0 Å². The van der Waals surface area contributed by atoms with E-state index < -0.39 is 11.6 Å². The minimum absolute atomic E-state index is 0.0844. The molecule has 0 nitrogen and oxygen atoms in total. The van der Waals surface area contributed by atoms with E-state index in [0.717, 1.165) is 14.2 Å². The molecule has 96 valence electrons. The summed E-state index contributed by atoms with van der Waals surface area (Å²) in [4.78, 5) is 0.973. The lowest BCUT2D eigenvalue weighted by Crippen LogP contribution is -1.99. The molecule has 1 aromatic carbocycles. The molecule has 0 aliphatic carbocycles. The zero-order chi connectivity index (χ0) is 13.3. The van der Waals surface area contributed by atoms with Gasteiger partial charge in [0.05, 0.1) is 8.61 Å². The average Bonchev–Trinajstić information content (AvgIpc) is 2.64. The molecule has 18 heavy (non-hydrogen) atoms. The molecular formula is C13H10Br2F2S. The predicted octanol–water partition coefficient (Wildman–Crippen LogP) is 5.78. The highest BCUT2D eigenvalue weighted by atomic mass is 79.9. The Balaban J connectivity index is 2.23. The van der Waals surface area contributed by atoms with Crippen molar-refractivity contribution in [1.29, 1.82) is 0 Å². The summed E-state index contributed by atoms with van der Waals surface area (Å²) in [6.45, 7) is 1.99. The van der Waals surface area contributed by atoms with E-state index in [2.05, 4.69) is 31.9 Å². The van der Waals surface area contributed by atoms with Crippen molar-refractivity contribution in [2.75, 3.05) is 0 Å². The van der Waals surface area contributed by atoms with Crippen molar-refractivity contribution in [2.24, 2.45) is 0 Å². The van der Waals surface area contributed by atoms with E-state index in [-0.39, 0.29) is 10.4 Å². The standard InChI is InChI=1S/C13H10Br2F2S/c1-7-5-12(18-13(7)15)9(14)6-8-10(16)3-2-4-11(8)17/h2-5,9H,6H2,1H3. The van der Waals surface area contributed by atoms with Crippen LogP contribution < -0.4 is 0 Å². The molecule has 0 bridgehead atoms. The quantitative estimate of drug-likeness (QED) is 0.578. The highest BCUT2D eigenvalue weighted by Crippen LogP contribution is 2.37. The van der Waals surface area contributed by atoms with Gasteiger partial charge in [0.25, 0.3) is 0 Å². The molecule has 0 radical (unpaired) electrons. The Morgan fingerprint density at radius 3 is 2.39 bits per heavy atom. The van der Waals surface area contributed by atoms with Crippen LogP contribution in [0.1, 0.15) is 20.8 Å². The molecule has 0 N–H and O–H groups in total. The second-order valence-corrected chi connectivity index (χ2v) is 7.48. The molecule has 1 atom stereocenters. The summed E-state index contributed by atoms with van der Waals surface area (Å²) in [5.41, 5.74) is 1.26. The number of thiophene rings is 1. The third-order valence-electron chi connectivity index (χ3n) is 2.63. The van der Waals surface area contributed by atoms with E-state index in [9.17, 15) is 8.78 Å². The molecule has 2 rings (SSSR count). The average molecular weight is 396 g/mol. The Morgan fingerprint density at radius 1 is 1.28 bits per heavy atom. The zero-order valence-electron chi connectivity index (χ0n) is 9.51. The molecule has 0 saturated carbocycles. The Morgan fingerprint density at radius 2 is 1.89 bits per heavy atom. The van der Waals surface area contributed by atoms with Crippen molar-refractivity contribution in [1.82, 2.24) is 0 Å². The Bertz CT molecular complexity index is 526. The Kier molecular flexibility index (Phi) is 4.56. The van der Waals surface area contributed by atoms with Crippen LogP contribution in [0.4, 0.5) is 8.78 Å². The molecule has 0 amide bonds. The summed E-state index contributed by atoms with van der Waals surface area (Å²) in [6.07, 6.45) is 0.297. The topological polar surface area (TPSA) is 0 Å². The van der Waals surface area contributed by atoms with Gasteiger partial charge in [0.15, 0.2) is 0 Å². The van der Waals surface area contributed by atoms with Gasteiger partial charge in [-0.15, -0.1) is 11.3 Å². The van der Waals surface area contributed by atoms with Crippen molar-refractivity contribution in [3.63, 3.8) is 0 Å². The highest BCUT2D eigenvalue weighted by Gasteiger charge is 2.17. The fourth-order valence-electron chi connectivity index (χ4n) is 1.65. The van der Waals surface area contributed by atoms with Gasteiger partial charge in [-0.2, -0.15) is 0 Å². The van der Waals surface area contributed by atoms with Crippen LogP contribution in [0.25, 0.3) is 0 Å². The highest BCUT2D eigenvalue weighted by molar-refractivity contribution is 9.11. The van der Waals surface area contributed by atoms with E-state index in [0.29, 0.717) is 6.42 Å². The van der Waals surface area contributed by atoms with Gasteiger partial charge < -0.3 is 0 Å². The van der Waals surface area contributed by atoms with E-state index in [4.69, 9.17) is 0 Å². The van der Waals surface area contributed by atoms with Gasteiger partial charge in [0.1, 0.15) is 11.6 Å². The van der Waals surface area contributed by atoms with Gasteiger partial charge >= 0.3 is 0 Å². The third kappa shape index (κ3) is 3.00. The number of benzene rings is 1. The summed E-state index contributed by atoms with van der Waals surface area (Å²) in [6, 6.07) is 5.97. The normalized spacial score (nSPS) is 12.7. The van der Waals surface area contributed by atoms with Crippen molar-refractivity contribution < 1.29 is 8.78 Å². The molecular weight excluding hydrogens is 386 g/mol. The minimum atomic E-state index is -0.494. The largest absolute Gasteiger partial charge is 0.207 e. The molecule has 1 heterocycles. The van der Waals surface area contributed by atoms with Crippen LogP contribution in [0.3, 0.4) is 0 Å². The number of hydrogen-bond donors (Lipinski definition) is 0. The zero-order valence-corrected chi connectivity index (χ0v) is 13.5. The molecule has 0 aliphatic heterocycles. The van der Waals surface area contributed by atoms with Crippen LogP contribution >= 0.6 is 43.2 Å². The lowest BCUT2D eigenvalue weighted by atomic mass is 10.1. The molecule has 1 aromatic heterocycles. The molecule has 0 saturated heterocycles. The molecule has 2 aromatic rings. The second-order valence-electron chi connectivity index (χ2n) is 3.98. The van der Waals surface area contributed by atoms with Crippen molar-refractivity contribution in [3.8, 4) is 0 Å². The molecule has 1 unspecified atom stereocenters. The van der Waals surface area contributed by atoms with Gasteiger partial charge in [-0.1, -0.05) is 22.0 Å². The maximum atomic E-state index is 13.5. The first-order chi connectivity index (χ1) is 8.49. The first kappa shape index (κ1) is 14.2. The van der Waals surface area contributed by atoms with E-state index >= 15 is 0 Å². The van der Waals surface area contributed by atoms with Gasteiger partial charge in [-0.3, -0.25) is 0 Å². The summed E-state index contributed by atoms with van der Waals surface area (Å²) < 4.78 is 28.1. The van der Waals surface area contributed by atoms with E-state index in [1.165, 1.54) is 18.2 Å². The smallest absolute Gasteiger partial charge is 0.129 e. The van der Waals surface area contributed by atoms with Crippen LogP contribution in [0, 0.1) is 18.6 Å². The summed E-state index contributed by atoms with van der Waals surface area (Å²) >= 11 is 8.52. The first-order valence-corrected chi connectivity index (χ1v) is 7.84. The maximum Gasteiger partial charge on any atom is 0.129 e. The second kappa shape index (κ2) is 5.80. The van der Waals surface area contributed by atoms with Gasteiger partial charge in [-0.05, 0) is 53.0 Å². The number of halogens is 4. The van der Waals surface area contributed by atoms with Crippen LogP contribution in [0.2, 0.25) is 0 Å². The Labute approximate surface area is 125 Å². The fourth-order valence-corrected chi connectivity index (χ4v) is 3.93. The molecule has 5 heteroatoms. The van der Waals surface area contributed by atoms with E-state index in [1.807, 2.05) is 13.0 Å². The molecule has 0 aliphatic rings. The van der Waals surface area contributed by atoms with Crippen molar-refractivity contribution >= 4 is 43.2 Å². The molecule has 0 spiro atoms. The van der Waals surface area contributed by atoms with E-state index in [1.54, 1.807) is 11.3 Å². The Hall–Kier alpha value is -0.260. The number of rotatable bonds is 3. The monoisotopic (exact) mass is 394 g/mol. The van der Waals surface area contributed by atoms with Gasteiger partial charge in [0.2, 0.25) is 0 Å². The predicted molar refractivity (Wildman–Crippen MR) is 78.5 cm³/mol. The van der Waals surface area contributed by atoms with Crippen molar-refractivity contribution in [3.05, 3.63) is 55.7 Å². The SMILES string of the molecule is Cc1cc(C(Br)Cc2c(F)cccc2F)sc1Br. The number of hydrogen-bond acceptors (Lipinski definition) is 1. The summed E-state index contributed by atoms with van der Waals surface area (Å²) in [5, 5.41) is 0. The fraction of sp³-hybridized carbons (Fsp3) is 0.231. The summed E-state index contributed by atoms with van der Waals surface area (Å²) in [5.74, 6) is -0.987. The first-order valence-electron chi connectivity index (χ1n) is 5.32. The van der Waals surface area contributed by atoms with Crippen LogP contribution in [0.15, 0.2) is 28.1 Å². The lowest BCUT2D eigenvalue weighted by Gasteiger charge is -2.09. The minimum Gasteiger partial charge on any atom is -0.207 e. The number of alkyl halides is 1. The van der Waals surface area contributed by atoms with Crippen molar-refractivity contribution in [2.45, 2.75) is 18.2 Å². The maximum absolute atomic E-state index is 13.5. The van der Waals surface area contributed by atoms with Gasteiger partial charge in [0, 0.05) is 10.4 Å². The van der Waals surface area contributed by atoms with Gasteiger partial charge in [-0.25, -0.2) is 8.78 Å². The lowest BCUT2D eigenvalue weighted by molar-refractivity contribution is 0.554. The number of aryl methyl sites for hydroxylation is 1. The third-order valence-corrected chi connectivity index (χ3v) is 6.00. The molecule has 0 fully saturated rings. The summed E-state index contributed by atoms with van der Waals surface area (Å²) in [7, 11) is 0. The van der Waals surface area contributed by atoms with Crippen LogP contribution in [-0.2, 0) is 6.42 Å².